The molecule has 1 unspecified atom stereocenters. The highest BCUT2D eigenvalue weighted by atomic mass is 16.6. The van der Waals surface area contributed by atoms with Gasteiger partial charge in [0.15, 0.2) is 0 Å². The number of carbonyl (C=O) groups excluding carboxylic acids is 1. The van der Waals surface area contributed by atoms with Crippen molar-refractivity contribution >= 4 is 6.09 Å². The molecule has 1 aliphatic rings. The molecule has 0 bridgehead atoms. The van der Waals surface area contributed by atoms with Crippen LogP contribution < -0.4 is 4.74 Å². The Hall–Kier alpha value is -2.43. The minimum atomic E-state index is -0.325. The van der Waals surface area contributed by atoms with Crippen LogP contribution in [0.1, 0.15) is 30.5 Å². The summed E-state index contributed by atoms with van der Waals surface area (Å²) in [7, 11) is 0. The van der Waals surface area contributed by atoms with Gasteiger partial charge in [-0.3, -0.25) is 9.97 Å². The van der Waals surface area contributed by atoms with Gasteiger partial charge in [-0.2, -0.15) is 0 Å². The molecule has 0 radical (unpaired) electrons. The lowest BCUT2D eigenvalue weighted by Gasteiger charge is -2.32. The van der Waals surface area contributed by atoms with Crippen LogP contribution in [0.2, 0.25) is 0 Å². The van der Waals surface area contributed by atoms with Gasteiger partial charge in [-0.15, -0.1) is 0 Å². The topological polar surface area (TPSA) is 55.3 Å². The van der Waals surface area contributed by atoms with Crippen molar-refractivity contribution in [1.29, 1.82) is 0 Å². The van der Waals surface area contributed by atoms with Crippen LogP contribution in [0.25, 0.3) is 0 Å². The molecule has 5 nitrogen and oxygen atoms in total. The highest BCUT2D eigenvalue weighted by Gasteiger charge is 2.29. The summed E-state index contributed by atoms with van der Waals surface area (Å²) in [6.45, 7) is 3.30. The number of rotatable bonds is 2. The van der Waals surface area contributed by atoms with Crippen molar-refractivity contribution in [1.82, 2.24) is 14.9 Å². The lowest BCUT2D eigenvalue weighted by Crippen LogP contribution is -2.40. The van der Waals surface area contributed by atoms with E-state index >= 15 is 0 Å². The summed E-state index contributed by atoms with van der Waals surface area (Å²) in [5.74, 6) is 0.778. The van der Waals surface area contributed by atoms with Crippen molar-refractivity contribution in [2.24, 2.45) is 0 Å². The Morgan fingerprint density at radius 2 is 2.14 bits per heavy atom. The van der Waals surface area contributed by atoms with Crippen molar-refractivity contribution in [3.8, 4) is 5.75 Å². The third kappa shape index (κ3) is 2.86. The maximum absolute atomic E-state index is 12.3. The Morgan fingerprint density at radius 1 is 1.33 bits per heavy atom. The molecule has 1 amide bonds. The zero-order chi connectivity index (χ0) is 14.7. The van der Waals surface area contributed by atoms with E-state index in [1.807, 2.05) is 18.3 Å². The molecule has 0 N–H and O–H groups in total. The third-order valence-corrected chi connectivity index (χ3v) is 3.72. The first-order chi connectivity index (χ1) is 10.3. The Kier molecular flexibility index (Phi) is 3.81. The van der Waals surface area contributed by atoms with E-state index in [0.717, 1.165) is 17.7 Å². The van der Waals surface area contributed by atoms with E-state index in [9.17, 15) is 4.79 Å². The van der Waals surface area contributed by atoms with Crippen molar-refractivity contribution in [3.05, 3.63) is 54.1 Å². The molecule has 2 aromatic rings. The SMILES string of the molecule is CCC1CN(C(=O)Oc2ccncc2)Cc2cccnc21. The van der Waals surface area contributed by atoms with Crippen molar-refractivity contribution in [3.63, 3.8) is 0 Å². The largest absolute Gasteiger partial charge is 0.415 e. The molecule has 1 atom stereocenters. The van der Waals surface area contributed by atoms with Gasteiger partial charge in [0.05, 0.1) is 12.2 Å². The summed E-state index contributed by atoms with van der Waals surface area (Å²) < 4.78 is 5.39. The van der Waals surface area contributed by atoms with Crippen molar-refractivity contribution in [2.45, 2.75) is 25.8 Å². The van der Waals surface area contributed by atoms with E-state index < -0.39 is 0 Å². The fourth-order valence-corrected chi connectivity index (χ4v) is 2.61. The van der Waals surface area contributed by atoms with Crippen LogP contribution in [0.15, 0.2) is 42.9 Å². The maximum Gasteiger partial charge on any atom is 0.415 e. The zero-order valence-corrected chi connectivity index (χ0v) is 11.9. The standard InChI is InChI=1S/C16H17N3O2/c1-2-12-10-19(11-13-4-3-7-18-15(12)13)16(20)21-14-5-8-17-9-6-14/h3-9,12H,2,10-11H2,1H3. The number of aromatic nitrogens is 2. The quantitative estimate of drug-likeness (QED) is 0.850. The number of nitrogens with zero attached hydrogens (tertiary/aromatic N) is 3. The molecule has 1 aliphatic heterocycles. The van der Waals surface area contributed by atoms with Gasteiger partial charge in [0.1, 0.15) is 5.75 Å². The van der Waals surface area contributed by atoms with Crippen LogP contribution in [0.4, 0.5) is 4.79 Å². The van der Waals surface area contributed by atoms with Gasteiger partial charge in [0.2, 0.25) is 0 Å². The molecule has 0 aromatic carbocycles. The predicted molar refractivity (Wildman–Crippen MR) is 77.9 cm³/mol. The number of hydrogen-bond acceptors (Lipinski definition) is 4. The second-order valence-corrected chi connectivity index (χ2v) is 5.08. The van der Waals surface area contributed by atoms with Gasteiger partial charge in [-0.05, 0) is 30.2 Å². The lowest BCUT2D eigenvalue weighted by molar-refractivity contribution is 0.140. The van der Waals surface area contributed by atoms with Gasteiger partial charge >= 0.3 is 6.09 Å². The number of hydrogen-bond donors (Lipinski definition) is 0. The minimum absolute atomic E-state index is 0.264. The van der Waals surface area contributed by atoms with E-state index in [-0.39, 0.29) is 12.0 Å². The Balaban J connectivity index is 1.77. The van der Waals surface area contributed by atoms with Gasteiger partial charge < -0.3 is 9.64 Å². The van der Waals surface area contributed by atoms with E-state index in [0.29, 0.717) is 18.8 Å². The molecule has 3 rings (SSSR count). The summed E-state index contributed by atoms with van der Waals surface area (Å²) >= 11 is 0. The highest BCUT2D eigenvalue weighted by Crippen LogP contribution is 2.29. The van der Waals surface area contributed by atoms with Crippen molar-refractivity contribution < 1.29 is 9.53 Å². The maximum atomic E-state index is 12.3. The first kappa shape index (κ1) is 13.5. The Bertz CT molecular complexity index is 630. The molecular formula is C16H17N3O2. The molecule has 0 aliphatic carbocycles. The molecule has 21 heavy (non-hydrogen) atoms. The normalized spacial score (nSPS) is 17.2. The molecule has 0 saturated carbocycles. The second-order valence-electron chi connectivity index (χ2n) is 5.08. The fourth-order valence-electron chi connectivity index (χ4n) is 2.61. The summed E-state index contributed by atoms with van der Waals surface area (Å²) in [5.41, 5.74) is 2.20. The first-order valence-electron chi connectivity index (χ1n) is 7.08. The number of pyridine rings is 2. The second kappa shape index (κ2) is 5.91. The van der Waals surface area contributed by atoms with Crippen LogP contribution in [0, 0.1) is 0 Å². The van der Waals surface area contributed by atoms with E-state index in [1.165, 1.54) is 0 Å². The minimum Gasteiger partial charge on any atom is -0.410 e. The number of ether oxygens (including phenoxy) is 1. The predicted octanol–water partition coefficient (Wildman–Crippen LogP) is 2.98. The monoisotopic (exact) mass is 283 g/mol. The van der Waals surface area contributed by atoms with E-state index in [4.69, 9.17) is 4.74 Å². The number of carbonyl (C=O) groups is 1. The van der Waals surface area contributed by atoms with Crippen LogP contribution >= 0.6 is 0 Å². The van der Waals surface area contributed by atoms with Gasteiger partial charge in [0, 0.05) is 31.1 Å². The third-order valence-electron chi connectivity index (χ3n) is 3.72. The molecule has 2 aromatic heterocycles. The molecule has 5 heteroatoms. The van der Waals surface area contributed by atoms with Crippen molar-refractivity contribution in [2.75, 3.05) is 6.54 Å². The average Bonchev–Trinajstić information content (AvgIpc) is 2.54. The highest BCUT2D eigenvalue weighted by molar-refractivity contribution is 5.71. The summed E-state index contributed by atoms with van der Waals surface area (Å²) in [6.07, 6.45) is 5.64. The molecule has 108 valence electrons. The first-order valence-corrected chi connectivity index (χ1v) is 7.08. The van der Waals surface area contributed by atoms with E-state index in [2.05, 4.69) is 16.9 Å². The zero-order valence-electron chi connectivity index (χ0n) is 11.9. The van der Waals surface area contributed by atoms with Crippen LogP contribution in [-0.4, -0.2) is 27.5 Å². The number of amides is 1. The van der Waals surface area contributed by atoms with Crippen LogP contribution in [0.3, 0.4) is 0 Å². The summed E-state index contributed by atoms with van der Waals surface area (Å²) in [5, 5.41) is 0. The molecule has 0 spiro atoms. The van der Waals surface area contributed by atoms with Gasteiger partial charge in [-0.1, -0.05) is 13.0 Å². The molecule has 0 saturated heterocycles. The van der Waals surface area contributed by atoms with E-state index in [1.54, 1.807) is 29.4 Å². The molecule has 3 heterocycles. The Labute approximate surface area is 123 Å². The van der Waals surface area contributed by atoms with Gasteiger partial charge in [-0.25, -0.2) is 4.79 Å². The summed E-state index contributed by atoms with van der Waals surface area (Å²) in [4.78, 5) is 22.4. The molecular weight excluding hydrogens is 266 g/mol. The van der Waals surface area contributed by atoms with Crippen LogP contribution in [-0.2, 0) is 6.54 Å². The lowest BCUT2D eigenvalue weighted by atomic mass is 9.93. The Morgan fingerprint density at radius 3 is 2.90 bits per heavy atom. The number of fused-ring (bicyclic) bond motifs is 1. The average molecular weight is 283 g/mol. The van der Waals surface area contributed by atoms with Crippen LogP contribution in [0.5, 0.6) is 5.75 Å². The fraction of sp³-hybridized carbons (Fsp3) is 0.312. The molecule has 0 fully saturated rings. The van der Waals surface area contributed by atoms with Gasteiger partial charge in [0.25, 0.3) is 0 Å². The smallest absolute Gasteiger partial charge is 0.410 e. The summed E-state index contributed by atoms with van der Waals surface area (Å²) in [6, 6.07) is 7.28.